The lowest BCUT2D eigenvalue weighted by molar-refractivity contribution is 1.18. The van der Waals surface area contributed by atoms with E-state index in [1.807, 2.05) is 91.0 Å². The van der Waals surface area contributed by atoms with Crippen molar-refractivity contribution in [3.8, 4) is 33.8 Å². The zero-order chi connectivity index (χ0) is 21.3. The topological polar surface area (TPSA) is 25.8 Å². The van der Waals surface area contributed by atoms with Gasteiger partial charge in [0, 0.05) is 22.3 Å². The van der Waals surface area contributed by atoms with Gasteiger partial charge in [-0.3, -0.25) is 0 Å². The van der Waals surface area contributed by atoms with E-state index in [0.717, 1.165) is 33.2 Å². The monoisotopic (exact) mass is 420 g/mol. The summed E-state index contributed by atoms with van der Waals surface area (Å²) in [5.74, 6) is 0.761. The summed E-state index contributed by atoms with van der Waals surface area (Å²) >= 11 is 5.89. The second-order valence-electron chi connectivity index (χ2n) is 6.87. The van der Waals surface area contributed by atoms with Crippen molar-refractivity contribution < 1.29 is 0 Å². The van der Waals surface area contributed by atoms with Crippen LogP contribution in [0.25, 0.3) is 33.8 Å². The average molecular weight is 421 g/mol. The second kappa shape index (κ2) is 10.3. The molecule has 2 nitrogen and oxygen atoms in total. The third-order valence-electron chi connectivity index (χ3n) is 4.69. The molecule has 0 spiro atoms. The van der Waals surface area contributed by atoms with Gasteiger partial charge in [0.05, 0.1) is 5.69 Å². The molecular formula is C28H21ClN2. The molecule has 4 aromatic carbocycles. The molecule has 1 aromatic heterocycles. The Hall–Kier alpha value is -3.75. The molecule has 0 saturated heterocycles. The van der Waals surface area contributed by atoms with Crippen LogP contribution in [0, 0.1) is 0 Å². The molecule has 1 heterocycles. The summed E-state index contributed by atoms with van der Waals surface area (Å²) < 4.78 is 0. The van der Waals surface area contributed by atoms with Gasteiger partial charge in [-0.15, -0.1) is 0 Å². The van der Waals surface area contributed by atoms with E-state index >= 15 is 0 Å². The molecule has 3 heteroatoms. The van der Waals surface area contributed by atoms with Gasteiger partial charge >= 0.3 is 0 Å². The standard InChI is InChI=1S/C16H12N2.C12H9Cl/c1-3-7-13(8-4-1)15-11-12-17-16(18-15)14-9-5-2-6-10-14;13-12-8-4-7-11(9-12)10-5-2-1-3-6-10/h1-12H;1-9H. The number of rotatable bonds is 3. The van der Waals surface area contributed by atoms with E-state index in [1.165, 1.54) is 5.56 Å². The Kier molecular flexibility index (Phi) is 6.84. The summed E-state index contributed by atoms with van der Waals surface area (Å²) in [6, 6.07) is 40.2. The third kappa shape index (κ3) is 5.65. The number of hydrogen-bond acceptors (Lipinski definition) is 2. The summed E-state index contributed by atoms with van der Waals surface area (Å²) in [6.45, 7) is 0. The zero-order valence-corrected chi connectivity index (χ0v) is 17.7. The Balaban J connectivity index is 0.000000158. The molecule has 0 unspecified atom stereocenters. The Bertz CT molecular complexity index is 1170. The van der Waals surface area contributed by atoms with Gasteiger partial charge in [0.2, 0.25) is 0 Å². The van der Waals surface area contributed by atoms with E-state index in [4.69, 9.17) is 11.6 Å². The summed E-state index contributed by atoms with van der Waals surface area (Å²) in [4.78, 5) is 8.93. The van der Waals surface area contributed by atoms with Crippen molar-refractivity contribution in [3.63, 3.8) is 0 Å². The fraction of sp³-hybridized carbons (Fsp3) is 0. The van der Waals surface area contributed by atoms with Crippen LogP contribution in [-0.4, -0.2) is 9.97 Å². The first-order valence-corrected chi connectivity index (χ1v) is 10.4. The van der Waals surface area contributed by atoms with Crippen molar-refractivity contribution in [2.45, 2.75) is 0 Å². The molecule has 0 saturated carbocycles. The lowest BCUT2D eigenvalue weighted by Crippen LogP contribution is -1.90. The van der Waals surface area contributed by atoms with Gasteiger partial charge in [-0.05, 0) is 29.3 Å². The third-order valence-corrected chi connectivity index (χ3v) is 4.92. The molecule has 0 N–H and O–H groups in total. The predicted molar refractivity (Wildman–Crippen MR) is 130 cm³/mol. The molecule has 0 aliphatic rings. The van der Waals surface area contributed by atoms with E-state index in [2.05, 4.69) is 40.3 Å². The summed E-state index contributed by atoms with van der Waals surface area (Å²) in [5.41, 5.74) is 5.45. The van der Waals surface area contributed by atoms with Crippen molar-refractivity contribution in [3.05, 3.63) is 133 Å². The lowest BCUT2D eigenvalue weighted by atomic mass is 10.1. The van der Waals surface area contributed by atoms with Crippen LogP contribution in [0.1, 0.15) is 0 Å². The summed E-state index contributed by atoms with van der Waals surface area (Å²) in [7, 11) is 0. The van der Waals surface area contributed by atoms with Gasteiger partial charge < -0.3 is 0 Å². The van der Waals surface area contributed by atoms with Gasteiger partial charge in [0.15, 0.2) is 5.82 Å². The molecule has 0 radical (unpaired) electrons. The molecule has 0 amide bonds. The molecule has 0 fully saturated rings. The highest BCUT2D eigenvalue weighted by Gasteiger charge is 2.03. The Labute approximate surface area is 187 Å². The van der Waals surface area contributed by atoms with Crippen LogP contribution in [0.2, 0.25) is 5.02 Å². The first-order valence-electron chi connectivity index (χ1n) is 10.0. The maximum absolute atomic E-state index is 5.89. The van der Waals surface area contributed by atoms with E-state index < -0.39 is 0 Å². The average Bonchev–Trinajstić information content (AvgIpc) is 2.86. The van der Waals surface area contributed by atoms with E-state index in [-0.39, 0.29) is 0 Å². The maximum Gasteiger partial charge on any atom is 0.159 e. The molecule has 31 heavy (non-hydrogen) atoms. The number of aromatic nitrogens is 2. The van der Waals surface area contributed by atoms with Gasteiger partial charge in [-0.2, -0.15) is 0 Å². The van der Waals surface area contributed by atoms with Crippen LogP contribution in [0.4, 0.5) is 0 Å². The van der Waals surface area contributed by atoms with Crippen molar-refractivity contribution in [1.82, 2.24) is 9.97 Å². The highest BCUT2D eigenvalue weighted by Crippen LogP contribution is 2.22. The molecule has 150 valence electrons. The molecule has 0 bridgehead atoms. The summed E-state index contributed by atoms with van der Waals surface area (Å²) in [5, 5.41) is 0.779. The Morgan fingerprint density at radius 1 is 0.484 bits per heavy atom. The van der Waals surface area contributed by atoms with Gasteiger partial charge in [-0.1, -0.05) is 115 Å². The van der Waals surface area contributed by atoms with Crippen LogP contribution < -0.4 is 0 Å². The largest absolute Gasteiger partial charge is 0.237 e. The van der Waals surface area contributed by atoms with Crippen molar-refractivity contribution in [2.75, 3.05) is 0 Å². The van der Waals surface area contributed by atoms with Gasteiger partial charge in [-0.25, -0.2) is 9.97 Å². The first-order chi connectivity index (χ1) is 15.3. The number of nitrogens with zero attached hydrogens (tertiary/aromatic N) is 2. The molecular weight excluding hydrogens is 400 g/mol. The minimum Gasteiger partial charge on any atom is -0.237 e. The number of hydrogen-bond donors (Lipinski definition) is 0. The van der Waals surface area contributed by atoms with Crippen LogP contribution in [0.5, 0.6) is 0 Å². The fourth-order valence-electron chi connectivity index (χ4n) is 3.15. The van der Waals surface area contributed by atoms with Crippen molar-refractivity contribution >= 4 is 11.6 Å². The zero-order valence-electron chi connectivity index (χ0n) is 16.9. The quantitative estimate of drug-likeness (QED) is 0.297. The smallest absolute Gasteiger partial charge is 0.159 e. The van der Waals surface area contributed by atoms with Crippen LogP contribution in [0.3, 0.4) is 0 Å². The van der Waals surface area contributed by atoms with E-state index in [1.54, 1.807) is 6.20 Å². The highest BCUT2D eigenvalue weighted by molar-refractivity contribution is 6.30. The maximum atomic E-state index is 5.89. The minimum atomic E-state index is 0.761. The molecule has 0 aliphatic heterocycles. The fourth-order valence-corrected chi connectivity index (χ4v) is 3.34. The predicted octanol–water partition coefficient (Wildman–Crippen LogP) is 7.82. The van der Waals surface area contributed by atoms with E-state index in [9.17, 15) is 0 Å². The lowest BCUT2D eigenvalue weighted by Gasteiger charge is -2.03. The van der Waals surface area contributed by atoms with Crippen LogP contribution in [0.15, 0.2) is 128 Å². The SMILES string of the molecule is Clc1cccc(-c2ccccc2)c1.c1ccc(-c2ccnc(-c3ccccc3)n2)cc1. The number of benzene rings is 4. The minimum absolute atomic E-state index is 0.761. The van der Waals surface area contributed by atoms with Crippen molar-refractivity contribution in [2.24, 2.45) is 0 Å². The molecule has 5 rings (SSSR count). The van der Waals surface area contributed by atoms with Gasteiger partial charge in [0.25, 0.3) is 0 Å². The highest BCUT2D eigenvalue weighted by atomic mass is 35.5. The molecule has 0 atom stereocenters. The Morgan fingerprint density at radius 2 is 1.03 bits per heavy atom. The van der Waals surface area contributed by atoms with E-state index in [0.29, 0.717) is 0 Å². The first kappa shape index (κ1) is 20.5. The number of halogens is 1. The Morgan fingerprint density at radius 3 is 1.65 bits per heavy atom. The van der Waals surface area contributed by atoms with Crippen molar-refractivity contribution in [1.29, 1.82) is 0 Å². The van der Waals surface area contributed by atoms with Crippen LogP contribution in [-0.2, 0) is 0 Å². The molecule has 5 aromatic rings. The van der Waals surface area contributed by atoms with Gasteiger partial charge in [0.1, 0.15) is 0 Å². The van der Waals surface area contributed by atoms with Crippen LogP contribution >= 0.6 is 11.6 Å². The molecule has 0 aliphatic carbocycles. The normalized spacial score (nSPS) is 10.1. The second-order valence-corrected chi connectivity index (χ2v) is 7.31. The summed E-state index contributed by atoms with van der Waals surface area (Å²) in [6.07, 6.45) is 1.80.